The third-order valence-corrected chi connectivity index (χ3v) is 4.42. The smallest absolute Gasteiger partial charge is 0.0424 e. The Kier molecular flexibility index (Phi) is 4.53. The molecular weight excluding hydrogens is 239 g/mol. The molecule has 1 heterocycles. The number of hydrogen-bond acceptors (Lipinski definition) is 2. The predicted molar refractivity (Wildman–Crippen MR) is 82.2 cm³/mol. The summed E-state index contributed by atoms with van der Waals surface area (Å²) in [7, 11) is 2.77. The van der Waals surface area contributed by atoms with Gasteiger partial charge in [0.2, 0.25) is 0 Å². The largest absolute Gasteiger partial charge is 0.304 e. The highest BCUT2D eigenvalue weighted by Crippen LogP contribution is 2.21. The van der Waals surface area contributed by atoms with Crippen LogP contribution in [0.4, 0.5) is 0 Å². The molecule has 1 aromatic rings. The molecule has 1 fully saturated rings. The van der Waals surface area contributed by atoms with Crippen LogP contribution in [0.15, 0.2) is 18.2 Å². The Hall–Kier alpha value is -0.720. The maximum Gasteiger partial charge on any atom is 0.0424 e. The van der Waals surface area contributed by atoms with Crippen molar-refractivity contribution in [1.82, 2.24) is 4.90 Å². The molecule has 18 heavy (non-hydrogen) atoms. The second-order valence-corrected chi connectivity index (χ2v) is 5.83. The van der Waals surface area contributed by atoms with Crippen molar-refractivity contribution in [3.05, 3.63) is 29.3 Å². The van der Waals surface area contributed by atoms with E-state index >= 15 is 0 Å². The summed E-state index contributed by atoms with van der Waals surface area (Å²) in [5.41, 5.74) is 3.20. The van der Waals surface area contributed by atoms with Gasteiger partial charge in [-0.25, -0.2) is 0 Å². The first-order valence-corrected chi connectivity index (χ1v) is 7.37. The highest BCUT2D eigenvalue weighted by molar-refractivity contribution is 7.27. The Morgan fingerprint density at radius 3 is 2.61 bits per heavy atom. The van der Waals surface area contributed by atoms with Gasteiger partial charge < -0.3 is 10.3 Å². The van der Waals surface area contributed by atoms with E-state index in [1.54, 1.807) is 0 Å². The van der Waals surface area contributed by atoms with Crippen molar-refractivity contribution in [3.63, 3.8) is 0 Å². The molecule has 0 bridgehead atoms. The first-order chi connectivity index (χ1) is 8.61. The number of aryl methyl sites for hydroxylation is 1. The molecular formula is C15H23N2P. The minimum absolute atomic E-state index is 0.440. The molecule has 2 nitrogen and oxygen atoms in total. The Bertz CT molecular complexity index is 434. The summed E-state index contributed by atoms with van der Waals surface area (Å²) in [5.74, 6) is 0.440. The number of nitrogens with one attached hydrogen (secondary N) is 1. The molecule has 0 amide bonds. The van der Waals surface area contributed by atoms with E-state index < -0.39 is 0 Å². The van der Waals surface area contributed by atoms with Crippen molar-refractivity contribution in [2.24, 2.45) is 5.92 Å². The average molecular weight is 262 g/mol. The van der Waals surface area contributed by atoms with Crippen LogP contribution in [0.2, 0.25) is 0 Å². The second-order valence-electron chi connectivity index (χ2n) is 5.21. The first kappa shape index (κ1) is 13.7. The molecule has 0 aliphatic carbocycles. The first-order valence-electron chi connectivity index (χ1n) is 6.79. The Morgan fingerprint density at radius 2 is 2.06 bits per heavy atom. The van der Waals surface area contributed by atoms with E-state index in [2.05, 4.69) is 46.2 Å². The van der Waals surface area contributed by atoms with Crippen LogP contribution in [0, 0.1) is 18.3 Å². The van der Waals surface area contributed by atoms with E-state index in [-0.39, 0.29) is 0 Å². The third kappa shape index (κ3) is 2.99. The lowest BCUT2D eigenvalue weighted by Gasteiger charge is -2.31. The fraction of sp³-hybridized carbons (Fsp3) is 0.533. The van der Waals surface area contributed by atoms with Gasteiger partial charge in [-0.3, -0.25) is 0 Å². The van der Waals surface area contributed by atoms with E-state index in [4.69, 9.17) is 5.41 Å². The molecule has 3 heteroatoms. The minimum Gasteiger partial charge on any atom is -0.304 e. The monoisotopic (exact) mass is 262 g/mol. The van der Waals surface area contributed by atoms with Gasteiger partial charge in [-0.1, -0.05) is 30.7 Å². The van der Waals surface area contributed by atoms with E-state index in [0.717, 1.165) is 49.1 Å². The summed E-state index contributed by atoms with van der Waals surface area (Å²) in [6.07, 6.45) is 2.26. The molecule has 2 rings (SSSR count). The van der Waals surface area contributed by atoms with Gasteiger partial charge in [-0.15, -0.1) is 9.24 Å². The zero-order valence-electron chi connectivity index (χ0n) is 11.4. The molecule has 1 aromatic carbocycles. The van der Waals surface area contributed by atoms with Crippen LogP contribution in [0.25, 0.3) is 0 Å². The van der Waals surface area contributed by atoms with Gasteiger partial charge in [-0.05, 0) is 44.7 Å². The number of benzene rings is 1. The number of likely N-dealkylation sites (tertiary alicyclic amines) is 1. The molecule has 0 radical (unpaired) electrons. The number of piperidine rings is 1. The van der Waals surface area contributed by atoms with Crippen molar-refractivity contribution in [2.45, 2.75) is 26.7 Å². The lowest BCUT2D eigenvalue weighted by atomic mass is 9.88. The van der Waals surface area contributed by atoms with E-state index in [1.165, 1.54) is 5.56 Å². The summed E-state index contributed by atoms with van der Waals surface area (Å²) >= 11 is 0. The second kappa shape index (κ2) is 5.95. The molecule has 98 valence electrons. The van der Waals surface area contributed by atoms with E-state index in [1.807, 2.05) is 0 Å². The van der Waals surface area contributed by atoms with Crippen LogP contribution in [0.1, 0.15) is 30.9 Å². The van der Waals surface area contributed by atoms with Crippen LogP contribution in [-0.2, 0) is 0 Å². The van der Waals surface area contributed by atoms with Crippen LogP contribution >= 0.6 is 9.24 Å². The maximum absolute atomic E-state index is 8.43. The van der Waals surface area contributed by atoms with Crippen LogP contribution < -0.4 is 5.30 Å². The molecule has 1 aliphatic rings. The van der Waals surface area contributed by atoms with Gasteiger partial charge >= 0.3 is 0 Å². The summed E-state index contributed by atoms with van der Waals surface area (Å²) < 4.78 is 0. The summed E-state index contributed by atoms with van der Waals surface area (Å²) in [6.45, 7) is 7.73. The Morgan fingerprint density at radius 1 is 1.39 bits per heavy atom. The summed E-state index contributed by atoms with van der Waals surface area (Å²) in [5, 5.41) is 9.59. The molecule has 1 saturated heterocycles. The molecule has 1 N–H and O–H groups in total. The molecule has 0 aromatic heterocycles. The normalized spacial score (nSPS) is 17.9. The van der Waals surface area contributed by atoms with Gasteiger partial charge in [0.1, 0.15) is 0 Å². The fourth-order valence-electron chi connectivity index (χ4n) is 2.69. The summed E-state index contributed by atoms with van der Waals surface area (Å²) in [4.78, 5) is 2.47. The number of nitrogens with zero attached hydrogens (tertiary/aromatic N) is 1. The van der Waals surface area contributed by atoms with Crippen LogP contribution in [0.5, 0.6) is 0 Å². The molecule has 1 aliphatic heterocycles. The van der Waals surface area contributed by atoms with Crippen molar-refractivity contribution in [2.75, 3.05) is 19.6 Å². The van der Waals surface area contributed by atoms with Crippen molar-refractivity contribution >= 4 is 20.3 Å². The fourth-order valence-corrected chi connectivity index (χ4v) is 3.20. The highest BCUT2D eigenvalue weighted by Gasteiger charge is 2.23. The highest BCUT2D eigenvalue weighted by atomic mass is 31.0. The Balaban J connectivity index is 2.08. The van der Waals surface area contributed by atoms with Gasteiger partial charge in [0.05, 0.1) is 0 Å². The Labute approximate surface area is 112 Å². The summed E-state index contributed by atoms with van der Waals surface area (Å²) in [6, 6.07) is 6.36. The lowest BCUT2D eigenvalue weighted by molar-refractivity contribution is 0.219. The van der Waals surface area contributed by atoms with Gasteiger partial charge in [-0.2, -0.15) is 0 Å². The zero-order chi connectivity index (χ0) is 13.1. The van der Waals surface area contributed by atoms with Gasteiger partial charge in [0.15, 0.2) is 0 Å². The van der Waals surface area contributed by atoms with Gasteiger partial charge in [0, 0.05) is 17.2 Å². The number of hydrogen-bond donors (Lipinski definition) is 1. The predicted octanol–water partition coefficient (Wildman–Crippen LogP) is 2.60. The topological polar surface area (TPSA) is 27.1 Å². The maximum atomic E-state index is 8.43. The van der Waals surface area contributed by atoms with Crippen molar-refractivity contribution in [1.29, 1.82) is 5.41 Å². The lowest BCUT2D eigenvalue weighted by Crippen LogP contribution is -2.36. The minimum atomic E-state index is 0.440. The third-order valence-electron chi connectivity index (χ3n) is 3.94. The van der Waals surface area contributed by atoms with E-state index in [9.17, 15) is 0 Å². The quantitative estimate of drug-likeness (QED) is 0.658. The molecule has 1 atom stereocenters. The van der Waals surface area contributed by atoms with Crippen molar-refractivity contribution in [3.8, 4) is 0 Å². The molecule has 0 saturated carbocycles. The standard InChI is InChI=1S/C15H23N2P/c1-3-17-8-6-12(7-9-17)15(16)13-5-4-11(2)10-14(13)18/h4-5,10,12,16H,3,6-9,18H2,1-2H3. The molecule has 1 unspecified atom stereocenters. The zero-order valence-corrected chi connectivity index (χ0v) is 12.5. The SMILES string of the molecule is CCN1CCC(C(=N)c2ccc(C)cc2P)CC1. The molecule has 0 spiro atoms. The van der Waals surface area contributed by atoms with Crippen LogP contribution in [-0.4, -0.2) is 30.2 Å². The van der Waals surface area contributed by atoms with Crippen LogP contribution in [0.3, 0.4) is 0 Å². The number of rotatable bonds is 3. The van der Waals surface area contributed by atoms with Crippen molar-refractivity contribution < 1.29 is 0 Å². The van der Waals surface area contributed by atoms with Gasteiger partial charge in [0.25, 0.3) is 0 Å². The van der Waals surface area contributed by atoms with E-state index in [0.29, 0.717) is 5.92 Å². The average Bonchev–Trinajstić information content (AvgIpc) is 2.38.